The Labute approximate surface area is 94.5 Å². The van der Waals surface area contributed by atoms with Gasteiger partial charge in [-0.25, -0.2) is 4.39 Å². The Bertz CT molecular complexity index is 334. The second-order valence-corrected chi connectivity index (χ2v) is 5.34. The molecule has 1 unspecified atom stereocenters. The standard InChI is InChI=1S/C12H16FNS/c1-9-7-10(13)4-5-12(9)15-11-3-2-6-14-8-11/h4-5,7,11,14H,2-3,6,8H2,1H3. The number of rotatable bonds is 2. The highest BCUT2D eigenvalue weighted by atomic mass is 32.2. The van der Waals surface area contributed by atoms with Gasteiger partial charge in [0.1, 0.15) is 5.82 Å². The zero-order valence-electron chi connectivity index (χ0n) is 8.92. The molecular formula is C12H16FNS. The van der Waals surface area contributed by atoms with Gasteiger partial charge in [-0.15, -0.1) is 11.8 Å². The molecule has 3 heteroatoms. The van der Waals surface area contributed by atoms with E-state index in [4.69, 9.17) is 0 Å². The van der Waals surface area contributed by atoms with E-state index >= 15 is 0 Å². The highest BCUT2D eigenvalue weighted by Gasteiger charge is 2.15. The molecule has 1 aromatic carbocycles. The van der Waals surface area contributed by atoms with Crippen molar-refractivity contribution in [3.8, 4) is 0 Å². The number of halogens is 1. The zero-order valence-corrected chi connectivity index (χ0v) is 9.74. The van der Waals surface area contributed by atoms with Crippen molar-refractivity contribution in [1.82, 2.24) is 5.32 Å². The summed E-state index contributed by atoms with van der Waals surface area (Å²) in [5.41, 5.74) is 1.05. The van der Waals surface area contributed by atoms with Crippen LogP contribution in [0.15, 0.2) is 23.1 Å². The summed E-state index contributed by atoms with van der Waals surface area (Å²) in [6.07, 6.45) is 2.51. The fraction of sp³-hybridized carbons (Fsp3) is 0.500. The summed E-state index contributed by atoms with van der Waals surface area (Å²) < 4.78 is 12.9. The third kappa shape index (κ3) is 2.95. The number of hydrogen-bond acceptors (Lipinski definition) is 2. The summed E-state index contributed by atoms with van der Waals surface area (Å²) in [6, 6.07) is 5.05. The van der Waals surface area contributed by atoms with Gasteiger partial charge in [-0.1, -0.05) is 0 Å². The summed E-state index contributed by atoms with van der Waals surface area (Å²) in [5.74, 6) is -0.140. The average molecular weight is 225 g/mol. The Hall–Kier alpha value is -0.540. The molecule has 0 amide bonds. The minimum atomic E-state index is -0.140. The monoisotopic (exact) mass is 225 g/mol. The number of thioether (sulfide) groups is 1. The first-order valence-electron chi connectivity index (χ1n) is 5.39. The number of benzene rings is 1. The van der Waals surface area contributed by atoms with E-state index in [0.717, 1.165) is 18.7 Å². The zero-order chi connectivity index (χ0) is 10.7. The molecule has 0 bridgehead atoms. The molecule has 1 aliphatic rings. The Morgan fingerprint density at radius 1 is 1.47 bits per heavy atom. The van der Waals surface area contributed by atoms with E-state index in [1.54, 1.807) is 12.1 Å². The van der Waals surface area contributed by atoms with Crippen molar-refractivity contribution in [2.75, 3.05) is 13.1 Å². The number of aryl methyl sites for hydroxylation is 1. The summed E-state index contributed by atoms with van der Waals surface area (Å²) in [7, 11) is 0. The van der Waals surface area contributed by atoms with Crippen molar-refractivity contribution in [2.45, 2.75) is 29.9 Å². The Balaban J connectivity index is 2.03. The lowest BCUT2D eigenvalue weighted by molar-refractivity contribution is 0.531. The van der Waals surface area contributed by atoms with Crippen molar-refractivity contribution in [1.29, 1.82) is 0 Å². The Morgan fingerprint density at radius 3 is 3.00 bits per heavy atom. The first-order chi connectivity index (χ1) is 7.25. The van der Waals surface area contributed by atoms with E-state index in [0.29, 0.717) is 5.25 Å². The number of nitrogens with one attached hydrogen (secondary N) is 1. The number of hydrogen-bond donors (Lipinski definition) is 1. The normalized spacial score (nSPS) is 21.6. The van der Waals surface area contributed by atoms with Crippen LogP contribution in [0.5, 0.6) is 0 Å². The lowest BCUT2D eigenvalue weighted by Crippen LogP contribution is -2.31. The van der Waals surface area contributed by atoms with Gasteiger partial charge >= 0.3 is 0 Å². The minimum Gasteiger partial charge on any atom is -0.316 e. The van der Waals surface area contributed by atoms with Gasteiger partial charge in [0.2, 0.25) is 0 Å². The van der Waals surface area contributed by atoms with Crippen molar-refractivity contribution in [3.63, 3.8) is 0 Å². The van der Waals surface area contributed by atoms with Gasteiger partial charge in [0.25, 0.3) is 0 Å². The van der Waals surface area contributed by atoms with E-state index in [-0.39, 0.29) is 5.82 Å². The van der Waals surface area contributed by atoms with Crippen LogP contribution in [0, 0.1) is 12.7 Å². The van der Waals surface area contributed by atoms with E-state index in [2.05, 4.69) is 5.32 Å². The fourth-order valence-corrected chi connectivity index (χ4v) is 3.08. The molecule has 0 aromatic heterocycles. The molecule has 82 valence electrons. The highest BCUT2D eigenvalue weighted by molar-refractivity contribution is 8.00. The van der Waals surface area contributed by atoms with Gasteiger partial charge in [-0.2, -0.15) is 0 Å². The molecule has 0 spiro atoms. The van der Waals surface area contributed by atoms with Crippen LogP contribution in [-0.4, -0.2) is 18.3 Å². The quantitative estimate of drug-likeness (QED) is 0.830. The molecule has 1 heterocycles. The smallest absolute Gasteiger partial charge is 0.123 e. The lowest BCUT2D eigenvalue weighted by atomic mass is 10.2. The van der Waals surface area contributed by atoms with E-state index in [1.165, 1.54) is 17.7 Å². The fourth-order valence-electron chi connectivity index (χ4n) is 1.85. The van der Waals surface area contributed by atoms with Gasteiger partial charge in [0.15, 0.2) is 0 Å². The summed E-state index contributed by atoms with van der Waals surface area (Å²) >= 11 is 1.87. The average Bonchev–Trinajstić information content (AvgIpc) is 2.24. The first kappa shape index (κ1) is 11.0. The van der Waals surface area contributed by atoms with Crippen LogP contribution >= 0.6 is 11.8 Å². The Morgan fingerprint density at radius 2 is 2.33 bits per heavy atom. The molecule has 1 aromatic rings. The predicted molar refractivity (Wildman–Crippen MR) is 62.9 cm³/mol. The second kappa shape index (κ2) is 4.99. The second-order valence-electron chi connectivity index (χ2n) is 4.00. The van der Waals surface area contributed by atoms with Crippen LogP contribution < -0.4 is 5.32 Å². The van der Waals surface area contributed by atoms with E-state index in [9.17, 15) is 4.39 Å². The van der Waals surface area contributed by atoms with Gasteiger partial charge in [-0.05, 0) is 50.1 Å². The van der Waals surface area contributed by atoms with Crippen LogP contribution in [0.25, 0.3) is 0 Å². The first-order valence-corrected chi connectivity index (χ1v) is 6.27. The molecule has 1 saturated heterocycles. The minimum absolute atomic E-state index is 0.140. The van der Waals surface area contributed by atoms with Crippen molar-refractivity contribution in [2.24, 2.45) is 0 Å². The van der Waals surface area contributed by atoms with E-state index in [1.807, 2.05) is 24.8 Å². The topological polar surface area (TPSA) is 12.0 Å². The van der Waals surface area contributed by atoms with Crippen LogP contribution in [0.4, 0.5) is 4.39 Å². The van der Waals surface area contributed by atoms with Crippen LogP contribution in [0.2, 0.25) is 0 Å². The van der Waals surface area contributed by atoms with Crippen LogP contribution in [0.3, 0.4) is 0 Å². The molecule has 15 heavy (non-hydrogen) atoms. The maximum absolute atomic E-state index is 12.9. The molecule has 1 atom stereocenters. The molecule has 1 N–H and O–H groups in total. The molecule has 0 radical (unpaired) electrons. The summed E-state index contributed by atoms with van der Waals surface area (Å²) in [4.78, 5) is 1.21. The molecule has 0 aliphatic carbocycles. The highest BCUT2D eigenvalue weighted by Crippen LogP contribution is 2.30. The predicted octanol–water partition coefficient (Wildman–Crippen LogP) is 2.98. The van der Waals surface area contributed by atoms with E-state index < -0.39 is 0 Å². The third-order valence-electron chi connectivity index (χ3n) is 2.68. The van der Waals surface area contributed by atoms with Crippen LogP contribution in [-0.2, 0) is 0 Å². The van der Waals surface area contributed by atoms with Crippen molar-refractivity contribution >= 4 is 11.8 Å². The summed E-state index contributed by atoms with van der Waals surface area (Å²) in [5, 5.41) is 4.03. The van der Waals surface area contributed by atoms with Gasteiger partial charge < -0.3 is 5.32 Å². The molecule has 1 nitrogen and oxygen atoms in total. The third-order valence-corrected chi connectivity index (χ3v) is 4.13. The molecule has 1 fully saturated rings. The molecule has 2 rings (SSSR count). The van der Waals surface area contributed by atoms with Gasteiger partial charge in [0.05, 0.1) is 0 Å². The number of piperidine rings is 1. The lowest BCUT2D eigenvalue weighted by Gasteiger charge is -2.22. The van der Waals surface area contributed by atoms with Crippen LogP contribution in [0.1, 0.15) is 18.4 Å². The maximum Gasteiger partial charge on any atom is 0.123 e. The SMILES string of the molecule is Cc1cc(F)ccc1SC1CCCNC1. The van der Waals surface area contributed by atoms with Crippen molar-refractivity contribution < 1.29 is 4.39 Å². The Kier molecular flexibility index (Phi) is 3.65. The largest absolute Gasteiger partial charge is 0.316 e. The van der Waals surface area contributed by atoms with Gasteiger partial charge in [0, 0.05) is 16.7 Å². The van der Waals surface area contributed by atoms with Crippen molar-refractivity contribution in [3.05, 3.63) is 29.6 Å². The summed E-state index contributed by atoms with van der Waals surface area (Å²) in [6.45, 7) is 4.18. The molecular weight excluding hydrogens is 209 g/mol. The van der Waals surface area contributed by atoms with Gasteiger partial charge in [-0.3, -0.25) is 0 Å². The molecule has 1 aliphatic heterocycles. The maximum atomic E-state index is 12.9. The molecule has 0 saturated carbocycles.